The van der Waals surface area contributed by atoms with Crippen molar-refractivity contribution in [2.24, 2.45) is 0 Å². The minimum Gasteiger partial charge on any atom is -0.358 e. The molecular weight excluding hydrogens is 377 g/mol. The molecule has 1 rings (SSSR count). The third-order valence-corrected chi connectivity index (χ3v) is 2.65. The average Bonchev–Trinajstić information content (AvgIpc) is 2.01. The molecule has 0 amide bonds. The number of rotatable bonds is 2. The number of aromatic nitrogens is 1. The molecule has 1 aromatic rings. The molecular formula is C6H2BrF2IN2O2. The largest absolute Gasteiger partial charge is 0.374 e. The van der Waals surface area contributed by atoms with Gasteiger partial charge in [-0.1, -0.05) is 0 Å². The summed E-state index contributed by atoms with van der Waals surface area (Å²) in [5.41, 5.74) is -0.640. The van der Waals surface area contributed by atoms with Gasteiger partial charge in [-0.05, 0) is 32.5 Å². The van der Waals surface area contributed by atoms with E-state index in [4.69, 9.17) is 0 Å². The van der Waals surface area contributed by atoms with Gasteiger partial charge in [0.05, 0.1) is 0 Å². The summed E-state index contributed by atoms with van der Waals surface area (Å²) in [4.78, 5) is 12.9. The molecule has 0 saturated carbocycles. The van der Waals surface area contributed by atoms with Crippen LogP contribution in [0.4, 0.5) is 14.6 Å². The van der Waals surface area contributed by atoms with Gasteiger partial charge >= 0.3 is 5.82 Å². The Morgan fingerprint density at radius 3 is 2.64 bits per heavy atom. The van der Waals surface area contributed by atoms with Crippen molar-refractivity contribution in [1.82, 2.24) is 4.98 Å². The van der Waals surface area contributed by atoms with Gasteiger partial charge in [0.25, 0.3) is 6.43 Å². The lowest BCUT2D eigenvalue weighted by molar-refractivity contribution is -0.391. The van der Waals surface area contributed by atoms with Crippen molar-refractivity contribution < 1.29 is 13.7 Å². The molecule has 8 heteroatoms. The van der Waals surface area contributed by atoms with Crippen LogP contribution >= 0.6 is 38.5 Å². The molecule has 0 aromatic carbocycles. The second-order valence-corrected chi connectivity index (χ2v) is 4.20. The van der Waals surface area contributed by atoms with Gasteiger partial charge in [-0.3, -0.25) is 0 Å². The maximum absolute atomic E-state index is 12.4. The summed E-state index contributed by atoms with van der Waals surface area (Å²) in [7, 11) is 0. The van der Waals surface area contributed by atoms with E-state index in [1.54, 1.807) is 22.6 Å². The van der Waals surface area contributed by atoms with Crippen LogP contribution in [-0.2, 0) is 0 Å². The summed E-state index contributed by atoms with van der Waals surface area (Å²) < 4.78 is 25.1. The molecule has 0 aliphatic carbocycles. The number of nitro groups is 1. The van der Waals surface area contributed by atoms with Crippen LogP contribution in [0.5, 0.6) is 0 Å². The van der Waals surface area contributed by atoms with Crippen LogP contribution in [0.2, 0.25) is 0 Å². The Labute approximate surface area is 99.1 Å². The minimum atomic E-state index is -2.90. The first-order chi connectivity index (χ1) is 6.43. The first kappa shape index (κ1) is 11.7. The van der Waals surface area contributed by atoms with Crippen LogP contribution in [0.25, 0.3) is 0 Å². The zero-order valence-electron chi connectivity index (χ0n) is 6.38. The highest BCUT2D eigenvalue weighted by atomic mass is 127. The molecule has 0 aliphatic heterocycles. The Balaban J connectivity index is 3.44. The SMILES string of the molecule is O=[N+]([O-])c1nc(Br)cc(I)c1C(F)F. The van der Waals surface area contributed by atoms with Crippen molar-refractivity contribution in [2.75, 3.05) is 0 Å². The van der Waals surface area contributed by atoms with Crippen LogP contribution in [-0.4, -0.2) is 9.91 Å². The lowest BCUT2D eigenvalue weighted by Crippen LogP contribution is -2.02. The van der Waals surface area contributed by atoms with Gasteiger partial charge in [0, 0.05) is 25.6 Å². The smallest absolute Gasteiger partial charge is 0.358 e. The average molecular weight is 379 g/mol. The van der Waals surface area contributed by atoms with Crippen molar-refractivity contribution >= 4 is 44.3 Å². The Morgan fingerprint density at radius 2 is 2.21 bits per heavy atom. The molecule has 0 fully saturated rings. The van der Waals surface area contributed by atoms with Crippen LogP contribution in [0.3, 0.4) is 0 Å². The lowest BCUT2D eigenvalue weighted by Gasteiger charge is -2.03. The number of alkyl halides is 2. The van der Waals surface area contributed by atoms with Crippen LogP contribution in [0, 0.1) is 13.7 Å². The van der Waals surface area contributed by atoms with E-state index in [0.717, 1.165) is 0 Å². The van der Waals surface area contributed by atoms with Crippen molar-refractivity contribution in [3.63, 3.8) is 0 Å². The molecule has 4 nitrogen and oxygen atoms in total. The fourth-order valence-electron chi connectivity index (χ4n) is 0.824. The van der Waals surface area contributed by atoms with Gasteiger partial charge in [-0.25, -0.2) is 8.78 Å². The Bertz CT molecular complexity index is 388. The minimum absolute atomic E-state index is 0.117. The third kappa shape index (κ3) is 2.35. The number of hydrogen-bond acceptors (Lipinski definition) is 3. The number of halogens is 4. The molecule has 1 heterocycles. The topological polar surface area (TPSA) is 56.0 Å². The molecule has 1 aromatic heterocycles. The molecule has 0 atom stereocenters. The van der Waals surface area contributed by atoms with E-state index < -0.39 is 22.7 Å². The molecule has 0 unspecified atom stereocenters. The maximum Gasteiger partial charge on any atom is 0.374 e. The molecule has 76 valence electrons. The first-order valence-corrected chi connectivity index (χ1v) is 5.09. The van der Waals surface area contributed by atoms with Gasteiger partial charge in [0.15, 0.2) is 0 Å². The van der Waals surface area contributed by atoms with Crippen molar-refractivity contribution in [3.05, 3.63) is 29.9 Å². The van der Waals surface area contributed by atoms with Gasteiger partial charge in [0.1, 0.15) is 5.56 Å². The summed E-state index contributed by atoms with van der Waals surface area (Å²) in [6.45, 7) is 0. The summed E-state index contributed by atoms with van der Waals surface area (Å²) in [5, 5.41) is 10.4. The van der Waals surface area contributed by atoms with E-state index in [1.165, 1.54) is 6.07 Å². The van der Waals surface area contributed by atoms with E-state index in [0.29, 0.717) is 0 Å². The highest BCUT2D eigenvalue weighted by Gasteiger charge is 2.27. The summed E-state index contributed by atoms with van der Waals surface area (Å²) >= 11 is 4.51. The van der Waals surface area contributed by atoms with Crippen LogP contribution in [0.1, 0.15) is 12.0 Å². The zero-order chi connectivity index (χ0) is 10.9. The van der Waals surface area contributed by atoms with E-state index in [-0.39, 0.29) is 8.17 Å². The predicted molar refractivity (Wildman–Crippen MR) is 56.3 cm³/mol. The summed E-state index contributed by atoms with van der Waals surface area (Å²) in [6.07, 6.45) is -2.90. The fourth-order valence-corrected chi connectivity index (χ4v) is 2.42. The molecule has 0 bridgehead atoms. The predicted octanol–water partition coefficient (Wildman–Crippen LogP) is 3.29. The summed E-state index contributed by atoms with van der Waals surface area (Å²) in [6, 6.07) is 1.30. The Hall–Kier alpha value is -0.380. The molecule has 0 saturated heterocycles. The lowest BCUT2D eigenvalue weighted by atomic mass is 10.3. The monoisotopic (exact) mass is 378 g/mol. The second-order valence-electron chi connectivity index (χ2n) is 2.22. The second kappa shape index (κ2) is 4.43. The van der Waals surface area contributed by atoms with Crippen molar-refractivity contribution in [2.45, 2.75) is 6.43 Å². The van der Waals surface area contributed by atoms with E-state index in [1.807, 2.05) is 0 Å². The van der Waals surface area contributed by atoms with Crippen LogP contribution < -0.4 is 0 Å². The zero-order valence-corrected chi connectivity index (χ0v) is 10.1. The van der Waals surface area contributed by atoms with E-state index in [2.05, 4.69) is 20.9 Å². The first-order valence-electron chi connectivity index (χ1n) is 3.22. The van der Waals surface area contributed by atoms with Gasteiger partial charge < -0.3 is 10.1 Å². The molecule has 0 aliphatic rings. The Morgan fingerprint density at radius 1 is 1.64 bits per heavy atom. The third-order valence-electron chi connectivity index (χ3n) is 1.35. The maximum atomic E-state index is 12.4. The molecule has 0 radical (unpaired) electrons. The highest BCUT2D eigenvalue weighted by Crippen LogP contribution is 2.33. The summed E-state index contributed by atoms with van der Waals surface area (Å²) in [5.74, 6) is -0.807. The van der Waals surface area contributed by atoms with Crippen molar-refractivity contribution in [1.29, 1.82) is 0 Å². The Kier molecular flexibility index (Phi) is 3.70. The normalized spacial score (nSPS) is 10.6. The molecule has 0 spiro atoms. The van der Waals surface area contributed by atoms with Gasteiger partial charge in [0.2, 0.25) is 4.60 Å². The van der Waals surface area contributed by atoms with Gasteiger partial charge in [-0.2, -0.15) is 0 Å². The standard InChI is InChI=1S/C6H2BrF2IN2O2/c7-3-1-2(10)4(5(8)9)6(11-3)12(13)14/h1,5H. The quantitative estimate of drug-likeness (QED) is 0.343. The number of nitrogens with zero attached hydrogens (tertiary/aromatic N) is 2. The number of pyridine rings is 1. The van der Waals surface area contributed by atoms with E-state index in [9.17, 15) is 18.9 Å². The fraction of sp³-hybridized carbons (Fsp3) is 0.167. The molecule has 0 N–H and O–H groups in total. The van der Waals surface area contributed by atoms with Gasteiger partial charge in [-0.15, -0.1) is 0 Å². The van der Waals surface area contributed by atoms with Crippen LogP contribution in [0.15, 0.2) is 10.7 Å². The highest BCUT2D eigenvalue weighted by molar-refractivity contribution is 14.1. The van der Waals surface area contributed by atoms with E-state index >= 15 is 0 Å². The van der Waals surface area contributed by atoms with Crippen molar-refractivity contribution in [3.8, 4) is 0 Å². The molecule has 14 heavy (non-hydrogen) atoms. The number of hydrogen-bond donors (Lipinski definition) is 0.